The third-order valence-electron chi connectivity index (χ3n) is 3.83. The van der Waals surface area contributed by atoms with Crippen molar-refractivity contribution < 1.29 is 0 Å². The van der Waals surface area contributed by atoms with Gasteiger partial charge in [-0.1, -0.05) is 48.5 Å². The second-order valence-corrected chi connectivity index (χ2v) is 10.3. The van der Waals surface area contributed by atoms with E-state index in [2.05, 4.69) is 81.1 Å². The molecule has 0 aliphatic carbocycles. The fourth-order valence-corrected chi connectivity index (χ4v) is 4.43. The standard InChI is InChI=1S/C19H41N/c1-12-13-20(18(8,9)14-16(2,3)4)19(10,11)15-17(5,6)7/h12-15H2,1-11H3. The van der Waals surface area contributed by atoms with Crippen LogP contribution in [0.3, 0.4) is 0 Å². The van der Waals surface area contributed by atoms with Gasteiger partial charge in [0, 0.05) is 11.1 Å². The van der Waals surface area contributed by atoms with E-state index in [1.807, 2.05) is 0 Å². The summed E-state index contributed by atoms with van der Waals surface area (Å²) >= 11 is 0. The average molecular weight is 284 g/mol. The summed E-state index contributed by atoms with van der Waals surface area (Å²) in [5.41, 5.74) is 1.21. The zero-order valence-corrected chi connectivity index (χ0v) is 16.3. The minimum atomic E-state index is 0.239. The monoisotopic (exact) mass is 283 g/mol. The predicted molar refractivity (Wildman–Crippen MR) is 93.3 cm³/mol. The molecule has 0 aromatic rings. The van der Waals surface area contributed by atoms with Crippen LogP contribution < -0.4 is 0 Å². The Balaban J connectivity index is 5.31. The molecule has 0 spiro atoms. The predicted octanol–water partition coefficient (Wildman–Crippen LogP) is 6.13. The first-order valence-corrected chi connectivity index (χ1v) is 8.38. The van der Waals surface area contributed by atoms with E-state index in [0.29, 0.717) is 10.8 Å². The summed E-state index contributed by atoms with van der Waals surface area (Å²) in [6, 6.07) is 0. The van der Waals surface area contributed by atoms with Crippen molar-refractivity contribution in [2.45, 2.75) is 107 Å². The Hall–Kier alpha value is -0.0400. The lowest BCUT2D eigenvalue weighted by Gasteiger charge is -2.52. The molecule has 0 fully saturated rings. The first kappa shape index (κ1) is 20.0. The van der Waals surface area contributed by atoms with Gasteiger partial charge in [0.2, 0.25) is 0 Å². The van der Waals surface area contributed by atoms with Crippen molar-refractivity contribution in [3.63, 3.8) is 0 Å². The minimum Gasteiger partial charge on any atom is -0.293 e. The maximum absolute atomic E-state index is 2.76. The van der Waals surface area contributed by atoms with Gasteiger partial charge >= 0.3 is 0 Å². The SMILES string of the molecule is CCCN(C(C)(C)CC(C)(C)C)C(C)(C)CC(C)(C)C. The van der Waals surface area contributed by atoms with Crippen molar-refractivity contribution in [3.05, 3.63) is 0 Å². The molecule has 20 heavy (non-hydrogen) atoms. The maximum Gasteiger partial charge on any atom is 0.0163 e. The lowest BCUT2D eigenvalue weighted by molar-refractivity contribution is -0.0253. The molecule has 0 radical (unpaired) electrons. The second kappa shape index (κ2) is 6.38. The van der Waals surface area contributed by atoms with Crippen LogP contribution in [-0.2, 0) is 0 Å². The number of hydrogen-bond acceptors (Lipinski definition) is 1. The maximum atomic E-state index is 2.76. The summed E-state index contributed by atoms with van der Waals surface area (Å²) in [6.07, 6.45) is 3.68. The summed E-state index contributed by atoms with van der Waals surface area (Å²) in [7, 11) is 0. The molecule has 1 heteroatoms. The zero-order valence-electron chi connectivity index (χ0n) is 16.3. The van der Waals surface area contributed by atoms with Gasteiger partial charge in [-0.25, -0.2) is 0 Å². The molecule has 0 aromatic carbocycles. The number of nitrogens with zero attached hydrogens (tertiary/aromatic N) is 1. The molecular weight excluding hydrogens is 242 g/mol. The van der Waals surface area contributed by atoms with Gasteiger partial charge in [0.25, 0.3) is 0 Å². The number of rotatable bonds is 6. The van der Waals surface area contributed by atoms with Gasteiger partial charge in [0.05, 0.1) is 0 Å². The highest BCUT2D eigenvalue weighted by Gasteiger charge is 2.40. The Bertz CT molecular complexity index is 258. The second-order valence-electron chi connectivity index (χ2n) is 10.3. The van der Waals surface area contributed by atoms with Gasteiger partial charge < -0.3 is 0 Å². The molecule has 0 aromatic heterocycles. The van der Waals surface area contributed by atoms with Crippen LogP contribution in [0.5, 0.6) is 0 Å². The van der Waals surface area contributed by atoms with Crippen LogP contribution in [0.4, 0.5) is 0 Å². The van der Waals surface area contributed by atoms with Crippen molar-refractivity contribution in [3.8, 4) is 0 Å². The normalized spacial score (nSPS) is 15.0. The van der Waals surface area contributed by atoms with Crippen LogP contribution in [0.25, 0.3) is 0 Å². The van der Waals surface area contributed by atoms with E-state index in [9.17, 15) is 0 Å². The van der Waals surface area contributed by atoms with E-state index in [-0.39, 0.29) is 11.1 Å². The summed E-state index contributed by atoms with van der Waals surface area (Å²) in [4.78, 5) is 2.76. The van der Waals surface area contributed by atoms with E-state index in [1.165, 1.54) is 25.8 Å². The van der Waals surface area contributed by atoms with E-state index < -0.39 is 0 Å². The van der Waals surface area contributed by atoms with Crippen molar-refractivity contribution >= 4 is 0 Å². The summed E-state index contributed by atoms with van der Waals surface area (Å²) in [5.74, 6) is 0. The molecule has 0 heterocycles. The van der Waals surface area contributed by atoms with Gasteiger partial charge in [0.1, 0.15) is 0 Å². The minimum absolute atomic E-state index is 0.239. The highest BCUT2D eigenvalue weighted by atomic mass is 15.2. The highest BCUT2D eigenvalue weighted by Crippen LogP contribution is 2.39. The summed E-state index contributed by atoms with van der Waals surface area (Å²) < 4.78 is 0. The fourth-order valence-electron chi connectivity index (χ4n) is 4.43. The molecule has 0 unspecified atom stereocenters. The third kappa shape index (κ3) is 7.11. The van der Waals surface area contributed by atoms with E-state index in [1.54, 1.807) is 0 Å². The molecule has 0 aliphatic heterocycles. The smallest absolute Gasteiger partial charge is 0.0163 e. The fraction of sp³-hybridized carbons (Fsp3) is 1.00. The van der Waals surface area contributed by atoms with Crippen molar-refractivity contribution in [2.75, 3.05) is 6.54 Å². The highest BCUT2D eigenvalue weighted by molar-refractivity contribution is 4.96. The zero-order chi connectivity index (χ0) is 16.4. The Kier molecular flexibility index (Phi) is 6.37. The van der Waals surface area contributed by atoms with Gasteiger partial charge in [-0.15, -0.1) is 0 Å². The molecule has 0 aliphatic rings. The molecule has 0 saturated carbocycles. The van der Waals surface area contributed by atoms with Crippen LogP contribution in [-0.4, -0.2) is 22.5 Å². The van der Waals surface area contributed by atoms with Gasteiger partial charge in [-0.3, -0.25) is 4.90 Å². The topological polar surface area (TPSA) is 3.24 Å². The van der Waals surface area contributed by atoms with Crippen LogP contribution in [0.1, 0.15) is 95.4 Å². The first-order valence-electron chi connectivity index (χ1n) is 8.38. The average Bonchev–Trinajstić information content (AvgIpc) is 2.04. The Morgan fingerprint density at radius 2 is 0.900 bits per heavy atom. The van der Waals surface area contributed by atoms with E-state index >= 15 is 0 Å². The lowest BCUT2D eigenvalue weighted by atomic mass is 9.75. The summed E-state index contributed by atoms with van der Waals surface area (Å²) in [5, 5.41) is 0. The van der Waals surface area contributed by atoms with E-state index in [4.69, 9.17) is 0 Å². The lowest BCUT2D eigenvalue weighted by Crippen LogP contribution is -2.57. The molecule has 0 bridgehead atoms. The van der Waals surface area contributed by atoms with Crippen LogP contribution in [0.15, 0.2) is 0 Å². The molecule has 0 atom stereocenters. The quantitative estimate of drug-likeness (QED) is 0.567. The third-order valence-corrected chi connectivity index (χ3v) is 3.83. The molecular formula is C19H41N. The first-order chi connectivity index (χ1) is 8.61. The Morgan fingerprint density at radius 1 is 0.600 bits per heavy atom. The van der Waals surface area contributed by atoms with Crippen molar-refractivity contribution in [2.24, 2.45) is 10.8 Å². The molecule has 1 nitrogen and oxygen atoms in total. The van der Waals surface area contributed by atoms with Gasteiger partial charge in [-0.2, -0.15) is 0 Å². The molecule has 0 saturated heterocycles. The summed E-state index contributed by atoms with van der Waals surface area (Å²) in [6.45, 7) is 27.3. The van der Waals surface area contributed by atoms with Crippen molar-refractivity contribution in [1.29, 1.82) is 0 Å². The van der Waals surface area contributed by atoms with Crippen LogP contribution >= 0.6 is 0 Å². The molecule has 0 amide bonds. The van der Waals surface area contributed by atoms with Gasteiger partial charge in [0.15, 0.2) is 0 Å². The van der Waals surface area contributed by atoms with Crippen LogP contribution in [0, 0.1) is 10.8 Å². The number of hydrogen-bond donors (Lipinski definition) is 0. The largest absolute Gasteiger partial charge is 0.293 e. The van der Waals surface area contributed by atoms with Gasteiger partial charge in [-0.05, 0) is 64.3 Å². The Morgan fingerprint density at radius 3 is 1.10 bits per heavy atom. The van der Waals surface area contributed by atoms with E-state index in [0.717, 1.165) is 0 Å². The molecule has 0 N–H and O–H groups in total. The molecule has 0 rings (SSSR count). The van der Waals surface area contributed by atoms with Crippen LogP contribution in [0.2, 0.25) is 0 Å². The molecule has 122 valence electrons. The van der Waals surface area contributed by atoms with Crippen molar-refractivity contribution in [1.82, 2.24) is 4.90 Å². The Labute approximate surface area is 129 Å².